The van der Waals surface area contributed by atoms with Crippen LogP contribution in [0.5, 0.6) is 0 Å². The first-order chi connectivity index (χ1) is 13.3. The number of rotatable bonds is 4. The topological polar surface area (TPSA) is 40.6 Å². The van der Waals surface area contributed by atoms with Crippen LogP contribution in [-0.4, -0.2) is 40.7 Å². The van der Waals surface area contributed by atoms with E-state index in [0.717, 1.165) is 11.1 Å². The summed E-state index contributed by atoms with van der Waals surface area (Å²) in [5, 5.41) is 0. The highest BCUT2D eigenvalue weighted by atomic mass is 19.1. The minimum Gasteiger partial charge on any atom is -0.336 e. The lowest BCUT2D eigenvalue weighted by Gasteiger charge is -2.34. The Balaban J connectivity index is 1.83. The van der Waals surface area contributed by atoms with Crippen molar-refractivity contribution in [3.8, 4) is 0 Å². The number of carbonyl (C=O) groups is 2. The number of hydrogen-bond donors (Lipinski definition) is 0. The van der Waals surface area contributed by atoms with Gasteiger partial charge in [-0.15, -0.1) is 0 Å². The van der Waals surface area contributed by atoms with Crippen molar-refractivity contribution in [2.45, 2.75) is 39.8 Å². The van der Waals surface area contributed by atoms with Gasteiger partial charge in [0.25, 0.3) is 5.91 Å². The molecule has 148 valence electrons. The van der Waals surface area contributed by atoms with Crippen molar-refractivity contribution in [1.82, 2.24) is 9.80 Å². The van der Waals surface area contributed by atoms with Gasteiger partial charge in [-0.1, -0.05) is 43.7 Å². The monoisotopic (exact) mass is 382 g/mol. The standard InChI is InChI=1S/C23H27FN2O2/c1-16(2)21-15-25(23(28)19-6-4-5-17(3)13-19)12-11-22(27)26(21)14-18-7-9-20(24)10-8-18/h4-10,13,16,21H,11-12,14-15H2,1-3H3/t21-/m1/s1. The summed E-state index contributed by atoms with van der Waals surface area (Å²) in [4.78, 5) is 29.6. The second-order valence-corrected chi connectivity index (χ2v) is 7.83. The molecule has 1 saturated heterocycles. The lowest BCUT2D eigenvalue weighted by Crippen LogP contribution is -2.47. The van der Waals surface area contributed by atoms with Gasteiger partial charge in [-0.2, -0.15) is 0 Å². The van der Waals surface area contributed by atoms with Gasteiger partial charge in [0, 0.05) is 31.6 Å². The van der Waals surface area contributed by atoms with Gasteiger partial charge in [0.2, 0.25) is 5.91 Å². The van der Waals surface area contributed by atoms with Crippen molar-refractivity contribution >= 4 is 11.8 Å². The van der Waals surface area contributed by atoms with Crippen LogP contribution in [0.2, 0.25) is 0 Å². The SMILES string of the molecule is Cc1cccc(C(=O)N2CCC(=O)N(Cc3ccc(F)cc3)[C@@H](C(C)C)C2)c1. The first kappa shape index (κ1) is 20.1. The number of hydrogen-bond acceptors (Lipinski definition) is 2. The molecule has 0 N–H and O–H groups in total. The van der Waals surface area contributed by atoms with Crippen molar-refractivity contribution in [3.63, 3.8) is 0 Å². The molecule has 0 radical (unpaired) electrons. The van der Waals surface area contributed by atoms with E-state index < -0.39 is 0 Å². The zero-order valence-electron chi connectivity index (χ0n) is 16.7. The molecule has 1 aliphatic heterocycles. The fraction of sp³-hybridized carbons (Fsp3) is 0.391. The van der Waals surface area contributed by atoms with E-state index in [1.54, 1.807) is 17.0 Å². The lowest BCUT2D eigenvalue weighted by atomic mass is 10.0. The van der Waals surface area contributed by atoms with E-state index in [9.17, 15) is 14.0 Å². The first-order valence-corrected chi connectivity index (χ1v) is 9.75. The van der Waals surface area contributed by atoms with Gasteiger partial charge in [0.1, 0.15) is 5.82 Å². The predicted molar refractivity (Wildman–Crippen MR) is 107 cm³/mol. The molecule has 1 fully saturated rings. The van der Waals surface area contributed by atoms with E-state index in [2.05, 4.69) is 13.8 Å². The molecule has 28 heavy (non-hydrogen) atoms. The number of halogens is 1. The highest BCUT2D eigenvalue weighted by molar-refractivity contribution is 5.95. The summed E-state index contributed by atoms with van der Waals surface area (Å²) in [5.41, 5.74) is 2.58. The van der Waals surface area contributed by atoms with Gasteiger partial charge < -0.3 is 9.80 Å². The molecule has 1 atom stereocenters. The molecular formula is C23H27FN2O2. The molecule has 0 spiro atoms. The Bertz CT molecular complexity index is 848. The predicted octanol–water partition coefficient (Wildman–Crippen LogP) is 4.03. The van der Waals surface area contributed by atoms with Gasteiger partial charge >= 0.3 is 0 Å². The summed E-state index contributed by atoms with van der Waals surface area (Å²) in [6.45, 7) is 7.43. The number of carbonyl (C=O) groups excluding carboxylic acids is 2. The third-order valence-corrected chi connectivity index (χ3v) is 5.31. The van der Waals surface area contributed by atoms with Crippen LogP contribution in [-0.2, 0) is 11.3 Å². The summed E-state index contributed by atoms with van der Waals surface area (Å²) in [7, 11) is 0. The number of nitrogens with zero attached hydrogens (tertiary/aromatic N) is 2. The fourth-order valence-corrected chi connectivity index (χ4v) is 3.68. The van der Waals surface area contributed by atoms with Gasteiger partial charge in [-0.3, -0.25) is 9.59 Å². The van der Waals surface area contributed by atoms with E-state index in [1.807, 2.05) is 36.1 Å². The molecular weight excluding hydrogens is 355 g/mol. The summed E-state index contributed by atoms with van der Waals surface area (Å²) in [6, 6.07) is 13.7. The third kappa shape index (κ3) is 4.58. The molecule has 2 aromatic carbocycles. The molecule has 0 unspecified atom stereocenters. The van der Waals surface area contributed by atoms with E-state index in [4.69, 9.17) is 0 Å². The summed E-state index contributed by atoms with van der Waals surface area (Å²) in [5.74, 6) is -0.107. The van der Waals surface area contributed by atoms with Gasteiger partial charge in [-0.05, 0) is 42.7 Å². The van der Waals surface area contributed by atoms with E-state index in [1.165, 1.54) is 12.1 Å². The number of aryl methyl sites for hydroxylation is 1. The molecule has 3 rings (SSSR count). The Labute approximate surface area is 166 Å². The van der Waals surface area contributed by atoms with Crippen molar-refractivity contribution in [2.24, 2.45) is 5.92 Å². The molecule has 1 aliphatic rings. The Hall–Kier alpha value is -2.69. The maximum Gasteiger partial charge on any atom is 0.253 e. The molecule has 1 heterocycles. The van der Waals surface area contributed by atoms with E-state index in [-0.39, 0.29) is 29.6 Å². The summed E-state index contributed by atoms with van der Waals surface area (Å²) in [6.07, 6.45) is 0.294. The molecule has 2 amide bonds. The molecule has 0 aliphatic carbocycles. The van der Waals surface area contributed by atoms with Gasteiger partial charge in [0.15, 0.2) is 0 Å². The molecule has 0 bridgehead atoms. The van der Waals surface area contributed by atoms with Crippen LogP contribution < -0.4 is 0 Å². The van der Waals surface area contributed by atoms with E-state index >= 15 is 0 Å². The van der Waals surface area contributed by atoms with Crippen LogP contribution in [0.15, 0.2) is 48.5 Å². The van der Waals surface area contributed by atoms with Gasteiger partial charge in [-0.25, -0.2) is 4.39 Å². The van der Waals surface area contributed by atoms with Crippen molar-refractivity contribution in [1.29, 1.82) is 0 Å². The number of benzene rings is 2. The molecule has 4 nitrogen and oxygen atoms in total. The van der Waals surface area contributed by atoms with Crippen LogP contribution in [0, 0.1) is 18.7 Å². The maximum absolute atomic E-state index is 13.2. The van der Waals surface area contributed by atoms with Crippen LogP contribution >= 0.6 is 0 Å². The Morgan fingerprint density at radius 2 is 1.89 bits per heavy atom. The van der Waals surface area contributed by atoms with Crippen LogP contribution in [0.1, 0.15) is 41.8 Å². The number of amides is 2. The minimum absolute atomic E-state index is 0.0302. The highest BCUT2D eigenvalue weighted by Crippen LogP contribution is 2.22. The molecule has 2 aromatic rings. The van der Waals surface area contributed by atoms with E-state index in [0.29, 0.717) is 31.6 Å². The second kappa shape index (κ2) is 8.55. The lowest BCUT2D eigenvalue weighted by molar-refractivity contribution is -0.134. The zero-order chi connectivity index (χ0) is 20.3. The van der Waals surface area contributed by atoms with Crippen molar-refractivity contribution < 1.29 is 14.0 Å². The highest BCUT2D eigenvalue weighted by Gasteiger charge is 2.33. The second-order valence-electron chi connectivity index (χ2n) is 7.83. The molecule has 0 saturated carbocycles. The molecule has 5 heteroatoms. The quantitative estimate of drug-likeness (QED) is 0.801. The Morgan fingerprint density at radius 3 is 2.54 bits per heavy atom. The summed E-state index contributed by atoms with van der Waals surface area (Å²) < 4.78 is 13.2. The average Bonchev–Trinajstić information content (AvgIpc) is 2.83. The van der Waals surface area contributed by atoms with Crippen LogP contribution in [0.25, 0.3) is 0 Å². The smallest absolute Gasteiger partial charge is 0.253 e. The van der Waals surface area contributed by atoms with Crippen molar-refractivity contribution in [2.75, 3.05) is 13.1 Å². The Morgan fingerprint density at radius 1 is 1.18 bits per heavy atom. The maximum atomic E-state index is 13.2. The van der Waals surface area contributed by atoms with Crippen LogP contribution in [0.4, 0.5) is 4.39 Å². The van der Waals surface area contributed by atoms with Gasteiger partial charge in [0.05, 0.1) is 6.04 Å². The zero-order valence-corrected chi connectivity index (χ0v) is 16.7. The Kier molecular flexibility index (Phi) is 6.12. The fourth-order valence-electron chi connectivity index (χ4n) is 3.68. The normalized spacial score (nSPS) is 17.8. The first-order valence-electron chi connectivity index (χ1n) is 9.75. The van der Waals surface area contributed by atoms with Crippen LogP contribution in [0.3, 0.4) is 0 Å². The minimum atomic E-state index is -0.290. The largest absolute Gasteiger partial charge is 0.336 e. The molecule has 0 aromatic heterocycles. The average molecular weight is 382 g/mol. The summed E-state index contributed by atoms with van der Waals surface area (Å²) >= 11 is 0. The van der Waals surface area contributed by atoms with Crippen molar-refractivity contribution in [3.05, 3.63) is 71.0 Å². The third-order valence-electron chi connectivity index (χ3n) is 5.31.